The minimum atomic E-state index is -3.74. The van der Waals surface area contributed by atoms with Gasteiger partial charge in [-0.1, -0.05) is 30.3 Å². The van der Waals surface area contributed by atoms with E-state index in [1.54, 1.807) is 0 Å². The van der Waals surface area contributed by atoms with Gasteiger partial charge in [-0.3, -0.25) is 9.69 Å². The van der Waals surface area contributed by atoms with Gasteiger partial charge < -0.3 is 5.32 Å². The fourth-order valence-electron chi connectivity index (χ4n) is 4.39. The van der Waals surface area contributed by atoms with Crippen molar-refractivity contribution in [2.45, 2.75) is 36.7 Å². The molecule has 0 bridgehead atoms. The molecular weight excluding hydrogens is 417 g/mol. The van der Waals surface area contributed by atoms with E-state index in [0.29, 0.717) is 19.4 Å². The van der Waals surface area contributed by atoms with Gasteiger partial charge in [-0.05, 0) is 49.1 Å². The van der Waals surface area contributed by atoms with E-state index in [1.807, 2.05) is 18.2 Å². The van der Waals surface area contributed by atoms with E-state index in [4.69, 9.17) is 0 Å². The first-order chi connectivity index (χ1) is 14.9. The van der Waals surface area contributed by atoms with Crippen molar-refractivity contribution in [2.75, 3.05) is 26.2 Å². The fraction of sp³-hybridized carbons (Fsp3) is 0.435. The minimum Gasteiger partial charge on any atom is -0.352 e. The quantitative estimate of drug-likeness (QED) is 0.742. The predicted molar refractivity (Wildman–Crippen MR) is 116 cm³/mol. The van der Waals surface area contributed by atoms with Gasteiger partial charge in [-0.2, -0.15) is 4.31 Å². The van der Waals surface area contributed by atoms with Crippen LogP contribution in [0.15, 0.2) is 59.5 Å². The lowest BCUT2D eigenvalue weighted by Crippen LogP contribution is -2.48. The molecule has 2 aliphatic rings. The standard InChI is InChI=1S/C23H28FN3O3S/c24-20-8-10-22(11-9-20)31(29,30)27-13-4-7-19(16-27)23(28)25-21-12-14-26(17-21)15-18-5-2-1-3-6-18/h1-3,5-6,8-11,19,21H,4,7,12-17H2,(H,25,28)/t19-,21+/m0/s1. The maximum atomic E-state index is 13.2. The van der Waals surface area contributed by atoms with Crippen LogP contribution in [-0.2, 0) is 21.4 Å². The van der Waals surface area contributed by atoms with E-state index in [2.05, 4.69) is 22.3 Å². The minimum absolute atomic E-state index is 0.0577. The Labute approximate surface area is 183 Å². The zero-order valence-corrected chi connectivity index (χ0v) is 18.2. The summed E-state index contributed by atoms with van der Waals surface area (Å²) in [6, 6.07) is 15.2. The number of sulfonamides is 1. The number of hydrogen-bond acceptors (Lipinski definition) is 4. The number of benzene rings is 2. The largest absolute Gasteiger partial charge is 0.352 e. The van der Waals surface area contributed by atoms with E-state index < -0.39 is 15.8 Å². The molecular formula is C23H28FN3O3S. The molecule has 2 aromatic rings. The highest BCUT2D eigenvalue weighted by molar-refractivity contribution is 7.89. The number of piperidine rings is 1. The molecule has 1 N–H and O–H groups in total. The second-order valence-corrected chi connectivity index (χ2v) is 10.3. The normalized spacial score (nSPS) is 23.0. The zero-order valence-electron chi connectivity index (χ0n) is 17.4. The number of amides is 1. The maximum Gasteiger partial charge on any atom is 0.243 e. The van der Waals surface area contributed by atoms with Crippen LogP contribution >= 0.6 is 0 Å². The molecule has 4 rings (SSSR count). The van der Waals surface area contributed by atoms with Gasteiger partial charge >= 0.3 is 0 Å². The first-order valence-electron chi connectivity index (χ1n) is 10.7. The predicted octanol–water partition coefficient (Wildman–Crippen LogP) is 2.62. The molecule has 2 atom stereocenters. The first-order valence-corrected chi connectivity index (χ1v) is 12.2. The molecule has 6 nitrogen and oxygen atoms in total. The van der Waals surface area contributed by atoms with Crippen molar-refractivity contribution in [3.8, 4) is 0 Å². The summed E-state index contributed by atoms with van der Waals surface area (Å²) >= 11 is 0. The molecule has 2 aromatic carbocycles. The highest BCUT2D eigenvalue weighted by Crippen LogP contribution is 2.24. The second kappa shape index (κ2) is 9.46. The van der Waals surface area contributed by atoms with Gasteiger partial charge in [-0.25, -0.2) is 12.8 Å². The van der Waals surface area contributed by atoms with E-state index in [1.165, 1.54) is 22.0 Å². The third kappa shape index (κ3) is 5.31. The van der Waals surface area contributed by atoms with Gasteiger partial charge in [0.1, 0.15) is 5.82 Å². The third-order valence-electron chi connectivity index (χ3n) is 6.07. The van der Waals surface area contributed by atoms with Gasteiger partial charge in [0.05, 0.1) is 10.8 Å². The number of carbonyl (C=O) groups excluding carboxylic acids is 1. The summed E-state index contributed by atoms with van der Waals surface area (Å²) in [6.45, 7) is 3.12. The van der Waals surface area contributed by atoms with Gasteiger partial charge in [0.25, 0.3) is 0 Å². The summed E-state index contributed by atoms with van der Waals surface area (Å²) in [5.41, 5.74) is 1.25. The summed E-state index contributed by atoms with van der Waals surface area (Å²) in [4.78, 5) is 15.3. The third-order valence-corrected chi connectivity index (χ3v) is 7.95. The molecule has 2 saturated heterocycles. The number of hydrogen-bond donors (Lipinski definition) is 1. The van der Waals surface area contributed by atoms with Crippen LogP contribution < -0.4 is 5.32 Å². The molecule has 1 amide bonds. The number of nitrogens with zero attached hydrogens (tertiary/aromatic N) is 2. The molecule has 0 radical (unpaired) electrons. The molecule has 0 aromatic heterocycles. The lowest BCUT2D eigenvalue weighted by molar-refractivity contribution is -0.126. The highest BCUT2D eigenvalue weighted by atomic mass is 32.2. The summed E-state index contributed by atoms with van der Waals surface area (Å²) in [7, 11) is -3.74. The van der Waals surface area contributed by atoms with E-state index in [-0.39, 0.29) is 29.3 Å². The summed E-state index contributed by atoms with van der Waals surface area (Å²) in [5.74, 6) is -0.926. The summed E-state index contributed by atoms with van der Waals surface area (Å²) in [6.07, 6.45) is 2.19. The molecule has 2 fully saturated rings. The highest BCUT2D eigenvalue weighted by Gasteiger charge is 2.34. The van der Waals surface area contributed by atoms with Crippen LogP contribution in [0.5, 0.6) is 0 Å². The van der Waals surface area contributed by atoms with E-state index in [0.717, 1.165) is 38.2 Å². The van der Waals surface area contributed by atoms with Crippen molar-refractivity contribution in [1.82, 2.24) is 14.5 Å². The summed E-state index contributed by atoms with van der Waals surface area (Å²) < 4.78 is 40.3. The lowest BCUT2D eigenvalue weighted by atomic mass is 9.98. The molecule has 0 aliphatic carbocycles. The summed E-state index contributed by atoms with van der Waals surface area (Å²) in [5, 5.41) is 3.13. The molecule has 2 heterocycles. The molecule has 0 saturated carbocycles. The Morgan fingerprint density at radius 1 is 1.00 bits per heavy atom. The average molecular weight is 446 g/mol. The maximum absolute atomic E-state index is 13.2. The van der Waals surface area contributed by atoms with Crippen LogP contribution in [-0.4, -0.2) is 55.8 Å². The SMILES string of the molecule is O=C(N[C@@H]1CCN(Cc2ccccc2)C1)[C@H]1CCCN(S(=O)(=O)c2ccc(F)cc2)C1. The Balaban J connectivity index is 1.32. The van der Waals surface area contributed by atoms with Crippen molar-refractivity contribution < 1.29 is 17.6 Å². The molecule has 0 unspecified atom stereocenters. The van der Waals surface area contributed by atoms with Crippen molar-refractivity contribution in [3.63, 3.8) is 0 Å². The average Bonchev–Trinajstić information content (AvgIpc) is 3.21. The van der Waals surface area contributed by atoms with Gasteiger partial charge in [0.15, 0.2) is 0 Å². The number of rotatable bonds is 6. The second-order valence-electron chi connectivity index (χ2n) is 8.37. The molecule has 166 valence electrons. The first kappa shape index (κ1) is 21.9. The van der Waals surface area contributed by atoms with Crippen LogP contribution in [0.25, 0.3) is 0 Å². The Morgan fingerprint density at radius 3 is 2.48 bits per heavy atom. The number of carbonyl (C=O) groups is 1. The van der Waals surface area contributed by atoms with Crippen LogP contribution in [0, 0.1) is 11.7 Å². The van der Waals surface area contributed by atoms with Gasteiger partial charge in [-0.15, -0.1) is 0 Å². The number of nitrogens with one attached hydrogen (secondary N) is 1. The van der Waals surface area contributed by atoms with Crippen molar-refractivity contribution in [3.05, 3.63) is 66.0 Å². The molecule has 2 aliphatic heterocycles. The molecule has 8 heteroatoms. The van der Waals surface area contributed by atoms with Crippen molar-refractivity contribution in [2.24, 2.45) is 5.92 Å². The van der Waals surface area contributed by atoms with Crippen LogP contribution in [0.2, 0.25) is 0 Å². The van der Waals surface area contributed by atoms with E-state index in [9.17, 15) is 17.6 Å². The Kier molecular flexibility index (Phi) is 6.69. The Hall–Kier alpha value is -2.29. The van der Waals surface area contributed by atoms with Crippen molar-refractivity contribution in [1.29, 1.82) is 0 Å². The van der Waals surface area contributed by atoms with E-state index >= 15 is 0 Å². The topological polar surface area (TPSA) is 69.7 Å². The molecule has 0 spiro atoms. The monoisotopic (exact) mass is 445 g/mol. The zero-order chi connectivity index (χ0) is 21.8. The van der Waals surface area contributed by atoms with Gasteiger partial charge in [0, 0.05) is 38.8 Å². The van der Waals surface area contributed by atoms with Crippen LogP contribution in [0.4, 0.5) is 4.39 Å². The number of halogens is 1. The Bertz CT molecular complexity index is 998. The fourth-order valence-corrected chi connectivity index (χ4v) is 5.91. The van der Waals surface area contributed by atoms with Crippen LogP contribution in [0.3, 0.4) is 0 Å². The van der Waals surface area contributed by atoms with Crippen molar-refractivity contribution >= 4 is 15.9 Å². The molecule has 31 heavy (non-hydrogen) atoms. The number of likely N-dealkylation sites (tertiary alicyclic amines) is 1. The Morgan fingerprint density at radius 2 is 1.74 bits per heavy atom. The van der Waals surface area contributed by atoms with Gasteiger partial charge in [0.2, 0.25) is 15.9 Å². The smallest absolute Gasteiger partial charge is 0.243 e. The van der Waals surface area contributed by atoms with Crippen LogP contribution in [0.1, 0.15) is 24.8 Å². The lowest BCUT2D eigenvalue weighted by Gasteiger charge is -2.31.